The van der Waals surface area contributed by atoms with Crippen LogP contribution >= 0.6 is 0 Å². The van der Waals surface area contributed by atoms with E-state index in [-0.39, 0.29) is 18.4 Å². The third kappa shape index (κ3) is 3.88. The van der Waals surface area contributed by atoms with E-state index in [0.29, 0.717) is 19.4 Å². The van der Waals surface area contributed by atoms with Gasteiger partial charge >= 0.3 is 0 Å². The molecule has 124 valence electrons. The number of hydrogen-bond donors (Lipinski definition) is 1. The van der Waals surface area contributed by atoms with Crippen molar-refractivity contribution in [1.29, 1.82) is 0 Å². The molecule has 1 heterocycles. The molecule has 2 aromatic rings. The van der Waals surface area contributed by atoms with Gasteiger partial charge in [0.05, 0.1) is 11.3 Å². The topological polar surface area (TPSA) is 70.5 Å². The van der Waals surface area contributed by atoms with E-state index in [1.54, 1.807) is 10.5 Å². The van der Waals surface area contributed by atoms with Gasteiger partial charge in [-0.05, 0) is 37.3 Å². The Morgan fingerprint density at radius 1 is 1.17 bits per heavy atom. The molecule has 3 rings (SSSR count). The lowest BCUT2D eigenvalue weighted by atomic mass is 10.1. The van der Waals surface area contributed by atoms with Crippen LogP contribution in [-0.2, 0) is 15.8 Å². The third-order valence-electron chi connectivity index (χ3n) is 4.15. The second kappa shape index (κ2) is 6.95. The molecule has 5 nitrogen and oxygen atoms in total. The van der Waals surface area contributed by atoms with Crippen molar-refractivity contribution in [3.8, 4) is 0 Å². The second-order valence-corrected chi connectivity index (χ2v) is 7.94. The molecule has 0 spiro atoms. The van der Waals surface area contributed by atoms with Gasteiger partial charge in [-0.15, -0.1) is 0 Å². The Labute approximate surface area is 137 Å². The molecule has 1 aliphatic rings. The standard InChI is InChI=1S/C17H22N2O3S/c20-12-2-1-11-19(16-8-9-16)23(21,22)13-15-6-3-5-14-7-4-10-18-17(14)15/h3-7,10,16,20H,1-2,8-9,11-13H2. The molecule has 0 atom stereocenters. The molecule has 1 fully saturated rings. The van der Waals surface area contributed by atoms with Gasteiger partial charge < -0.3 is 5.11 Å². The van der Waals surface area contributed by atoms with E-state index in [1.165, 1.54) is 0 Å². The highest BCUT2D eigenvalue weighted by molar-refractivity contribution is 7.88. The minimum absolute atomic E-state index is 0.0169. The van der Waals surface area contributed by atoms with Gasteiger partial charge in [-0.1, -0.05) is 24.3 Å². The Balaban J connectivity index is 1.83. The van der Waals surface area contributed by atoms with Crippen LogP contribution in [0.1, 0.15) is 31.2 Å². The number of pyridine rings is 1. The van der Waals surface area contributed by atoms with Gasteiger partial charge in [0, 0.05) is 30.8 Å². The number of aliphatic hydroxyl groups is 1. The van der Waals surface area contributed by atoms with Crippen molar-refractivity contribution in [2.24, 2.45) is 0 Å². The summed E-state index contributed by atoms with van der Waals surface area (Å²) >= 11 is 0. The molecular weight excluding hydrogens is 312 g/mol. The summed E-state index contributed by atoms with van der Waals surface area (Å²) in [5.74, 6) is -0.0169. The number of para-hydroxylation sites is 1. The number of rotatable bonds is 8. The summed E-state index contributed by atoms with van der Waals surface area (Å²) < 4.78 is 27.3. The van der Waals surface area contributed by atoms with Crippen molar-refractivity contribution in [2.45, 2.75) is 37.5 Å². The van der Waals surface area contributed by atoms with Crippen molar-refractivity contribution in [1.82, 2.24) is 9.29 Å². The molecule has 0 saturated heterocycles. The highest BCUT2D eigenvalue weighted by atomic mass is 32.2. The second-order valence-electron chi connectivity index (χ2n) is 6.02. The summed E-state index contributed by atoms with van der Waals surface area (Å²) in [6.07, 6.45) is 4.89. The van der Waals surface area contributed by atoms with E-state index in [1.807, 2.05) is 30.3 Å². The van der Waals surface area contributed by atoms with Crippen LogP contribution < -0.4 is 0 Å². The predicted octanol–water partition coefficient (Wildman–Crippen LogP) is 2.30. The van der Waals surface area contributed by atoms with Crippen molar-refractivity contribution in [3.63, 3.8) is 0 Å². The maximum atomic E-state index is 12.9. The first kappa shape index (κ1) is 16.4. The molecule has 23 heavy (non-hydrogen) atoms. The van der Waals surface area contributed by atoms with Crippen LogP contribution in [0, 0.1) is 0 Å². The molecule has 1 saturated carbocycles. The zero-order valence-corrected chi connectivity index (χ0v) is 13.9. The minimum Gasteiger partial charge on any atom is -0.396 e. The number of benzene rings is 1. The minimum atomic E-state index is -3.37. The molecule has 0 bridgehead atoms. The highest BCUT2D eigenvalue weighted by Crippen LogP contribution is 2.31. The zero-order chi connectivity index (χ0) is 16.3. The monoisotopic (exact) mass is 334 g/mol. The molecular formula is C17H22N2O3S. The Hall–Kier alpha value is -1.50. The van der Waals surface area contributed by atoms with E-state index >= 15 is 0 Å². The number of sulfonamides is 1. The summed E-state index contributed by atoms with van der Waals surface area (Å²) in [4.78, 5) is 4.34. The van der Waals surface area contributed by atoms with Crippen LogP contribution in [0.4, 0.5) is 0 Å². The average Bonchev–Trinajstić information content (AvgIpc) is 3.36. The summed E-state index contributed by atoms with van der Waals surface area (Å²) in [6.45, 7) is 0.595. The van der Waals surface area contributed by atoms with Crippen molar-refractivity contribution < 1.29 is 13.5 Å². The van der Waals surface area contributed by atoms with Gasteiger partial charge in [-0.3, -0.25) is 4.98 Å². The number of aromatic nitrogens is 1. The van der Waals surface area contributed by atoms with E-state index in [0.717, 1.165) is 29.3 Å². The van der Waals surface area contributed by atoms with Crippen molar-refractivity contribution >= 4 is 20.9 Å². The average molecular weight is 334 g/mol. The van der Waals surface area contributed by atoms with Gasteiger partial charge in [0.1, 0.15) is 0 Å². The van der Waals surface area contributed by atoms with Crippen LogP contribution in [0.15, 0.2) is 36.5 Å². The van der Waals surface area contributed by atoms with Crippen LogP contribution in [0.25, 0.3) is 10.9 Å². The fourth-order valence-corrected chi connectivity index (χ4v) is 4.72. The summed E-state index contributed by atoms with van der Waals surface area (Å²) in [5.41, 5.74) is 1.50. The lowest BCUT2D eigenvalue weighted by Gasteiger charge is -2.22. The molecule has 0 unspecified atom stereocenters. The van der Waals surface area contributed by atoms with Gasteiger partial charge in [0.2, 0.25) is 10.0 Å². The quantitative estimate of drug-likeness (QED) is 0.752. The Bertz CT molecular complexity index is 767. The number of hydrogen-bond acceptors (Lipinski definition) is 4. The smallest absolute Gasteiger partial charge is 0.218 e. The van der Waals surface area contributed by atoms with Crippen LogP contribution in [0.3, 0.4) is 0 Å². The molecule has 6 heteroatoms. The van der Waals surface area contributed by atoms with Gasteiger partial charge in [-0.2, -0.15) is 4.31 Å². The number of aliphatic hydroxyl groups excluding tert-OH is 1. The molecule has 0 radical (unpaired) electrons. The number of nitrogens with zero attached hydrogens (tertiary/aromatic N) is 2. The lowest BCUT2D eigenvalue weighted by molar-refractivity contribution is 0.275. The molecule has 1 aliphatic carbocycles. The molecule has 1 aromatic heterocycles. The van der Waals surface area contributed by atoms with E-state index in [2.05, 4.69) is 4.98 Å². The predicted molar refractivity (Wildman–Crippen MR) is 90.4 cm³/mol. The third-order valence-corrected chi connectivity index (χ3v) is 6.02. The largest absolute Gasteiger partial charge is 0.396 e. The van der Waals surface area contributed by atoms with E-state index in [4.69, 9.17) is 5.11 Å². The fraction of sp³-hybridized carbons (Fsp3) is 0.471. The first-order valence-electron chi connectivity index (χ1n) is 8.05. The van der Waals surface area contributed by atoms with Gasteiger partial charge in [0.15, 0.2) is 0 Å². The van der Waals surface area contributed by atoms with Crippen molar-refractivity contribution in [3.05, 3.63) is 42.1 Å². The molecule has 1 N–H and O–H groups in total. The van der Waals surface area contributed by atoms with E-state index in [9.17, 15) is 8.42 Å². The van der Waals surface area contributed by atoms with Gasteiger partial charge in [-0.25, -0.2) is 8.42 Å². The van der Waals surface area contributed by atoms with Crippen LogP contribution in [0.2, 0.25) is 0 Å². The first-order valence-corrected chi connectivity index (χ1v) is 9.66. The maximum Gasteiger partial charge on any atom is 0.218 e. The molecule has 1 aromatic carbocycles. The number of fused-ring (bicyclic) bond motifs is 1. The SMILES string of the molecule is O=S(=O)(Cc1cccc2cccnc12)N(CCCCO)C1CC1. The summed E-state index contributed by atoms with van der Waals surface area (Å²) in [5, 5.41) is 9.87. The Kier molecular flexibility index (Phi) is 4.94. The lowest BCUT2D eigenvalue weighted by Crippen LogP contribution is -2.35. The van der Waals surface area contributed by atoms with Crippen molar-refractivity contribution in [2.75, 3.05) is 13.2 Å². The van der Waals surface area contributed by atoms with E-state index < -0.39 is 10.0 Å². The zero-order valence-electron chi connectivity index (χ0n) is 13.1. The Morgan fingerprint density at radius 2 is 1.96 bits per heavy atom. The normalized spacial score (nSPS) is 15.4. The number of unbranched alkanes of at least 4 members (excludes halogenated alkanes) is 1. The maximum absolute atomic E-state index is 12.9. The van der Waals surface area contributed by atoms with Gasteiger partial charge in [0.25, 0.3) is 0 Å². The highest BCUT2D eigenvalue weighted by Gasteiger charge is 2.36. The Morgan fingerprint density at radius 3 is 2.70 bits per heavy atom. The fourth-order valence-electron chi connectivity index (χ4n) is 2.85. The summed E-state index contributed by atoms with van der Waals surface area (Å²) in [6, 6.07) is 9.60. The van der Waals surface area contributed by atoms with Crippen LogP contribution in [0.5, 0.6) is 0 Å². The first-order chi connectivity index (χ1) is 11.1. The van der Waals surface area contributed by atoms with Crippen LogP contribution in [-0.4, -0.2) is 42.0 Å². The molecule has 0 aliphatic heterocycles. The summed E-state index contributed by atoms with van der Waals surface area (Å²) in [7, 11) is -3.37. The molecule has 0 amide bonds.